The highest BCUT2D eigenvalue weighted by atomic mass is 32.2. The molecular formula is C18H22O2S. The van der Waals surface area contributed by atoms with E-state index in [1.807, 2.05) is 37.3 Å². The van der Waals surface area contributed by atoms with Gasteiger partial charge in [0.05, 0.1) is 0 Å². The van der Waals surface area contributed by atoms with E-state index < -0.39 is 11.2 Å². The van der Waals surface area contributed by atoms with Crippen LogP contribution in [0.5, 0.6) is 0 Å². The maximum Gasteiger partial charge on any atom is 0.318 e. The van der Waals surface area contributed by atoms with E-state index in [0.29, 0.717) is 5.92 Å². The Morgan fingerprint density at radius 2 is 1.95 bits per heavy atom. The van der Waals surface area contributed by atoms with Crippen LogP contribution in [-0.4, -0.2) is 16.3 Å². The van der Waals surface area contributed by atoms with Crippen molar-refractivity contribution in [3.8, 4) is 11.8 Å². The first-order valence-electron chi connectivity index (χ1n) is 7.01. The summed E-state index contributed by atoms with van der Waals surface area (Å²) in [5, 5.41) is 9.00. The zero-order valence-corrected chi connectivity index (χ0v) is 13.6. The number of hydrogen-bond donors (Lipinski definition) is 1. The summed E-state index contributed by atoms with van der Waals surface area (Å²) in [6, 6.07) is 9.61. The quantitative estimate of drug-likeness (QED) is 0.622. The summed E-state index contributed by atoms with van der Waals surface area (Å²) in [5.74, 6) is 5.44. The van der Waals surface area contributed by atoms with Crippen LogP contribution in [0.1, 0.15) is 27.2 Å². The van der Waals surface area contributed by atoms with E-state index in [0.717, 1.165) is 16.9 Å². The summed E-state index contributed by atoms with van der Waals surface area (Å²) in [4.78, 5) is 12.6. The molecule has 0 aromatic heterocycles. The molecule has 1 rings (SSSR count). The molecule has 21 heavy (non-hydrogen) atoms. The molecule has 2 nitrogen and oxygen atoms in total. The fourth-order valence-electron chi connectivity index (χ4n) is 1.93. The van der Waals surface area contributed by atoms with E-state index in [1.165, 1.54) is 11.8 Å². The molecule has 0 bridgehead atoms. The van der Waals surface area contributed by atoms with Crippen molar-refractivity contribution in [2.24, 2.45) is 11.8 Å². The Labute approximate surface area is 131 Å². The van der Waals surface area contributed by atoms with Crippen molar-refractivity contribution in [2.45, 2.75) is 37.3 Å². The van der Waals surface area contributed by atoms with Gasteiger partial charge in [0.2, 0.25) is 0 Å². The summed E-state index contributed by atoms with van der Waals surface area (Å²) in [7, 11) is 0. The number of carboxylic acids is 1. The van der Waals surface area contributed by atoms with Crippen LogP contribution < -0.4 is 0 Å². The third-order valence-electron chi connectivity index (χ3n) is 2.81. The molecule has 0 heterocycles. The minimum Gasteiger partial charge on any atom is -0.480 e. The van der Waals surface area contributed by atoms with Gasteiger partial charge in [0.1, 0.15) is 5.25 Å². The number of hydrogen-bond acceptors (Lipinski definition) is 2. The SMILES string of the molecule is C=C(C)C#CC(CC(C)C)C(Sc1ccccc1)C(=O)O. The third-order valence-corrected chi connectivity index (χ3v) is 4.14. The van der Waals surface area contributed by atoms with Crippen LogP contribution in [0.4, 0.5) is 0 Å². The highest BCUT2D eigenvalue weighted by molar-refractivity contribution is 8.00. The lowest BCUT2D eigenvalue weighted by Crippen LogP contribution is -2.26. The van der Waals surface area contributed by atoms with Crippen molar-refractivity contribution in [3.63, 3.8) is 0 Å². The topological polar surface area (TPSA) is 37.3 Å². The Balaban J connectivity index is 2.99. The van der Waals surface area contributed by atoms with E-state index in [9.17, 15) is 9.90 Å². The molecule has 112 valence electrons. The fourth-order valence-corrected chi connectivity index (χ4v) is 2.98. The number of allylic oxidation sites excluding steroid dienone is 1. The molecule has 1 N–H and O–H groups in total. The van der Waals surface area contributed by atoms with Crippen molar-refractivity contribution in [1.29, 1.82) is 0 Å². The first-order chi connectivity index (χ1) is 9.90. The number of carboxylic acid groups (broad SMARTS) is 1. The number of rotatable bonds is 6. The van der Waals surface area contributed by atoms with Gasteiger partial charge in [-0.3, -0.25) is 4.79 Å². The normalized spacial score (nSPS) is 13.1. The molecule has 0 aliphatic carbocycles. The largest absolute Gasteiger partial charge is 0.480 e. The molecule has 1 aromatic carbocycles. The van der Waals surface area contributed by atoms with Crippen LogP contribution in [0.15, 0.2) is 47.4 Å². The summed E-state index contributed by atoms with van der Waals surface area (Å²) < 4.78 is 0. The van der Waals surface area contributed by atoms with Gasteiger partial charge in [-0.1, -0.05) is 50.5 Å². The lowest BCUT2D eigenvalue weighted by atomic mass is 9.94. The van der Waals surface area contributed by atoms with Gasteiger partial charge in [0, 0.05) is 10.8 Å². The van der Waals surface area contributed by atoms with Gasteiger partial charge in [-0.05, 0) is 37.0 Å². The number of carbonyl (C=O) groups is 1. The van der Waals surface area contributed by atoms with Gasteiger partial charge in [0.15, 0.2) is 0 Å². The molecule has 0 saturated heterocycles. The maximum atomic E-state index is 11.7. The van der Waals surface area contributed by atoms with Gasteiger partial charge < -0.3 is 5.11 Å². The number of benzene rings is 1. The fraction of sp³-hybridized carbons (Fsp3) is 0.389. The van der Waals surface area contributed by atoms with Crippen molar-refractivity contribution in [3.05, 3.63) is 42.5 Å². The highest BCUT2D eigenvalue weighted by Crippen LogP contribution is 2.31. The van der Waals surface area contributed by atoms with Crippen LogP contribution in [0, 0.1) is 23.7 Å². The summed E-state index contributed by atoms with van der Waals surface area (Å²) in [5.41, 5.74) is 0.762. The minimum absolute atomic E-state index is 0.190. The molecule has 2 atom stereocenters. The summed E-state index contributed by atoms with van der Waals surface area (Å²) in [6.07, 6.45) is 0.761. The van der Waals surface area contributed by atoms with Crippen molar-refractivity contribution in [2.75, 3.05) is 0 Å². The van der Waals surface area contributed by atoms with E-state index in [1.54, 1.807) is 0 Å². The highest BCUT2D eigenvalue weighted by Gasteiger charge is 2.28. The monoisotopic (exact) mass is 302 g/mol. The summed E-state index contributed by atoms with van der Waals surface area (Å²) in [6.45, 7) is 9.77. The average Bonchev–Trinajstić information content (AvgIpc) is 2.41. The Hall–Kier alpha value is -1.66. The Morgan fingerprint density at radius 3 is 2.43 bits per heavy atom. The predicted octanol–water partition coefficient (Wildman–Crippen LogP) is 4.47. The second kappa shape index (κ2) is 8.59. The van der Waals surface area contributed by atoms with Crippen LogP contribution >= 0.6 is 11.8 Å². The van der Waals surface area contributed by atoms with Crippen molar-refractivity contribution < 1.29 is 9.90 Å². The Kier molecular flexibility index (Phi) is 7.11. The minimum atomic E-state index is -0.814. The van der Waals surface area contributed by atoms with Crippen LogP contribution in [0.2, 0.25) is 0 Å². The van der Waals surface area contributed by atoms with E-state index in [2.05, 4.69) is 32.3 Å². The zero-order valence-electron chi connectivity index (χ0n) is 12.8. The number of thioether (sulfide) groups is 1. The van der Waals surface area contributed by atoms with Gasteiger partial charge in [-0.25, -0.2) is 0 Å². The number of aliphatic carboxylic acids is 1. The molecule has 0 radical (unpaired) electrons. The van der Waals surface area contributed by atoms with Crippen LogP contribution in [0.25, 0.3) is 0 Å². The second-order valence-electron chi connectivity index (χ2n) is 5.48. The molecule has 2 unspecified atom stereocenters. The average molecular weight is 302 g/mol. The third kappa shape index (κ3) is 6.55. The van der Waals surface area contributed by atoms with Crippen molar-refractivity contribution in [1.82, 2.24) is 0 Å². The molecule has 0 saturated carbocycles. The van der Waals surface area contributed by atoms with Crippen LogP contribution in [-0.2, 0) is 4.79 Å². The second-order valence-corrected chi connectivity index (χ2v) is 6.69. The van der Waals surface area contributed by atoms with Gasteiger partial charge in [-0.15, -0.1) is 11.8 Å². The van der Waals surface area contributed by atoms with Gasteiger partial charge in [-0.2, -0.15) is 0 Å². The molecule has 0 fully saturated rings. The molecule has 3 heteroatoms. The Bertz CT molecular complexity index is 537. The molecule has 0 amide bonds. The van der Waals surface area contributed by atoms with Crippen molar-refractivity contribution >= 4 is 17.7 Å². The lowest BCUT2D eigenvalue weighted by molar-refractivity contribution is -0.137. The first-order valence-corrected chi connectivity index (χ1v) is 7.89. The molecule has 0 spiro atoms. The predicted molar refractivity (Wildman–Crippen MR) is 89.3 cm³/mol. The standard InChI is InChI=1S/C18H22O2S/c1-13(2)10-11-15(12-14(3)4)17(18(19)20)21-16-8-6-5-7-9-16/h5-9,14-15,17H,1,12H2,2-4H3,(H,19,20). The maximum absolute atomic E-state index is 11.7. The van der Waals surface area contributed by atoms with E-state index in [4.69, 9.17) is 0 Å². The Morgan fingerprint density at radius 1 is 1.33 bits per heavy atom. The molecular weight excluding hydrogens is 280 g/mol. The van der Waals surface area contributed by atoms with Gasteiger partial charge >= 0.3 is 5.97 Å². The van der Waals surface area contributed by atoms with Gasteiger partial charge in [0.25, 0.3) is 0 Å². The zero-order chi connectivity index (χ0) is 15.8. The molecule has 0 aliphatic rings. The van der Waals surface area contributed by atoms with Crippen LogP contribution in [0.3, 0.4) is 0 Å². The first kappa shape index (κ1) is 17.4. The summed E-state index contributed by atoms with van der Waals surface area (Å²) >= 11 is 1.37. The van der Waals surface area contributed by atoms with E-state index >= 15 is 0 Å². The van der Waals surface area contributed by atoms with E-state index in [-0.39, 0.29) is 5.92 Å². The molecule has 0 aliphatic heterocycles. The lowest BCUT2D eigenvalue weighted by Gasteiger charge is -2.20. The molecule has 1 aromatic rings. The smallest absolute Gasteiger partial charge is 0.318 e.